The van der Waals surface area contributed by atoms with Gasteiger partial charge in [-0.1, -0.05) is 23.8 Å². The number of rotatable bonds is 4. The lowest BCUT2D eigenvalue weighted by Crippen LogP contribution is -2.46. The van der Waals surface area contributed by atoms with E-state index >= 15 is 0 Å². The van der Waals surface area contributed by atoms with E-state index < -0.39 is 17.4 Å². The third-order valence-electron chi connectivity index (χ3n) is 4.62. The first-order valence-electron chi connectivity index (χ1n) is 7.78. The van der Waals surface area contributed by atoms with Gasteiger partial charge in [0.2, 0.25) is 0 Å². The van der Waals surface area contributed by atoms with E-state index in [0.29, 0.717) is 6.42 Å². The third-order valence-corrected chi connectivity index (χ3v) is 4.62. The molecule has 2 rings (SSSR count). The molecule has 2 atom stereocenters. The molecule has 2 aliphatic carbocycles. The Bertz CT molecular complexity index is 457. The topological polar surface area (TPSA) is 52.6 Å². The summed E-state index contributed by atoms with van der Waals surface area (Å²) in [7, 11) is 0. The summed E-state index contributed by atoms with van der Waals surface area (Å²) in [4.78, 5) is 25.3. The average molecular weight is 292 g/mol. The summed E-state index contributed by atoms with van der Waals surface area (Å²) in [5.41, 5.74) is -0.0272. The predicted octanol–water partition coefficient (Wildman–Crippen LogP) is 3.03. The van der Waals surface area contributed by atoms with Crippen molar-refractivity contribution >= 4 is 11.9 Å². The van der Waals surface area contributed by atoms with Crippen molar-refractivity contribution in [1.29, 1.82) is 0 Å². The average Bonchev–Trinajstić information content (AvgIpc) is 2.83. The van der Waals surface area contributed by atoms with Crippen LogP contribution in [0.15, 0.2) is 23.8 Å². The molecule has 21 heavy (non-hydrogen) atoms. The molecular weight excluding hydrogens is 268 g/mol. The standard InChI is InChI=1S/C17H24O4/c1-4-12-11-17(15(18)20-5-2,16(19)21-6-3)14-10-8-7-9-13(12)14/h4,7,9,13-14H,5-6,8,10-11H2,1-3H3/b12-4-. The van der Waals surface area contributed by atoms with E-state index in [1.54, 1.807) is 13.8 Å². The van der Waals surface area contributed by atoms with E-state index in [2.05, 4.69) is 12.2 Å². The molecule has 0 aromatic heterocycles. The maximum Gasteiger partial charge on any atom is 0.324 e. The smallest absolute Gasteiger partial charge is 0.324 e. The second-order valence-corrected chi connectivity index (χ2v) is 5.59. The van der Waals surface area contributed by atoms with Gasteiger partial charge in [-0.15, -0.1) is 0 Å². The lowest BCUT2D eigenvalue weighted by Gasteiger charge is -2.33. The Hall–Kier alpha value is -1.58. The first-order chi connectivity index (χ1) is 10.1. The largest absolute Gasteiger partial charge is 0.465 e. The second-order valence-electron chi connectivity index (χ2n) is 5.59. The molecule has 0 spiro atoms. The minimum atomic E-state index is -1.16. The zero-order valence-corrected chi connectivity index (χ0v) is 13.1. The fraction of sp³-hybridized carbons (Fsp3) is 0.647. The van der Waals surface area contributed by atoms with Crippen LogP contribution in [-0.4, -0.2) is 25.2 Å². The van der Waals surface area contributed by atoms with Crippen LogP contribution in [0.5, 0.6) is 0 Å². The summed E-state index contributed by atoms with van der Waals surface area (Å²) in [5.74, 6) is -0.749. The van der Waals surface area contributed by atoms with Crippen molar-refractivity contribution < 1.29 is 19.1 Å². The Morgan fingerprint density at radius 3 is 2.43 bits per heavy atom. The Morgan fingerprint density at radius 2 is 1.90 bits per heavy atom. The van der Waals surface area contributed by atoms with Gasteiger partial charge in [-0.3, -0.25) is 9.59 Å². The minimum Gasteiger partial charge on any atom is -0.465 e. The number of hydrogen-bond donors (Lipinski definition) is 0. The van der Waals surface area contributed by atoms with Crippen LogP contribution in [0.2, 0.25) is 0 Å². The van der Waals surface area contributed by atoms with Gasteiger partial charge < -0.3 is 9.47 Å². The van der Waals surface area contributed by atoms with E-state index in [9.17, 15) is 9.59 Å². The minimum absolute atomic E-state index is 0.0493. The molecule has 0 N–H and O–H groups in total. The van der Waals surface area contributed by atoms with Gasteiger partial charge in [-0.25, -0.2) is 0 Å². The van der Waals surface area contributed by atoms with Crippen molar-refractivity contribution in [2.24, 2.45) is 17.3 Å². The van der Waals surface area contributed by atoms with Crippen LogP contribution < -0.4 is 0 Å². The summed E-state index contributed by atoms with van der Waals surface area (Å²) in [6, 6.07) is 0. The summed E-state index contributed by atoms with van der Waals surface area (Å²) in [6.45, 7) is 6.04. The van der Waals surface area contributed by atoms with Crippen LogP contribution in [0.25, 0.3) is 0 Å². The summed E-state index contributed by atoms with van der Waals surface area (Å²) in [5, 5.41) is 0. The molecule has 116 valence electrons. The molecule has 4 nitrogen and oxygen atoms in total. The van der Waals surface area contributed by atoms with E-state index in [1.165, 1.54) is 0 Å². The van der Waals surface area contributed by atoms with Crippen LogP contribution >= 0.6 is 0 Å². The van der Waals surface area contributed by atoms with E-state index in [1.807, 2.05) is 13.0 Å². The Labute approximate surface area is 126 Å². The molecule has 0 radical (unpaired) electrons. The zero-order valence-electron chi connectivity index (χ0n) is 13.1. The first-order valence-corrected chi connectivity index (χ1v) is 7.78. The van der Waals surface area contributed by atoms with Crippen LogP contribution in [0.4, 0.5) is 0 Å². The van der Waals surface area contributed by atoms with Gasteiger partial charge in [-0.2, -0.15) is 0 Å². The number of hydrogen-bond acceptors (Lipinski definition) is 4. The van der Waals surface area contributed by atoms with Crippen LogP contribution in [0.3, 0.4) is 0 Å². The van der Waals surface area contributed by atoms with E-state index in [-0.39, 0.29) is 25.0 Å². The predicted molar refractivity (Wildman–Crippen MR) is 79.4 cm³/mol. The molecule has 1 saturated carbocycles. The highest BCUT2D eigenvalue weighted by molar-refractivity contribution is 6.01. The quantitative estimate of drug-likeness (QED) is 0.454. The third kappa shape index (κ3) is 2.52. The molecule has 0 aromatic carbocycles. The van der Waals surface area contributed by atoms with Crippen LogP contribution in [0, 0.1) is 17.3 Å². The van der Waals surface area contributed by atoms with Gasteiger partial charge in [-0.05, 0) is 46.0 Å². The van der Waals surface area contributed by atoms with Gasteiger partial charge >= 0.3 is 11.9 Å². The molecule has 0 amide bonds. The number of allylic oxidation sites excluding steroid dienone is 4. The van der Waals surface area contributed by atoms with Crippen molar-refractivity contribution in [3.05, 3.63) is 23.8 Å². The van der Waals surface area contributed by atoms with Gasteiger partial charge in [0.25, 0.3) is 0 Å². The van der Waals surface area contributed by atoms with Crippen molar-refractivity contribution in [1.82, 2.24) is 0 Å². The number of ether oxygens (including phenoxy) is 2. The molecule has 0 aromatic rings. The van der Waals surface area contributed by atoms with Crippen LogP contribution in [0.1, 0.15) is 40.0 Å². The lowest BCUT2D eigenvalue weighted by molar-refractivity contribution is -0.175. The maximum absolute atomic E-state index is 12.6. The summed E-state index contributed by atoms with van der Waals surface area (Å²) in [6.07, 6.45) is 8.41. The fourth-order valence-electron chi connectivity index (χ4n) is 3.68. The first kappa shape index (κ1) is 15.8. The molecular formula is C17H24O4. The van der Waals surface area contributed by atoms with Crippen molar-refractivity contribution in [3.63, 3.8) is 0 Å². The molecule has 1 fully saturated rings. The molecule has 2 aliphatic rings. The van der Waals surface area contributed by atoms with Gasteiger partial charge in [0.1, 0.15) is 0 Å². The van der Waals surface area contributed by atoms with Gasteiger partial charge in [0.05, 0.1) is 13.2 Å². The molecule has 0 saturated heterocycles. The van der Waals surface area contributed by atoms with Crippen molar-refractivity contribution in [3.8, 4) is 0 Å². The number of esters is 2. The Kier molecular flexibility index (Phi) is 4.86. The summed E-state index contributed by atoms with van der Waals surface area (Å²) >= 11 is 0. The van der Waals surface area contributed by atoms with E-state index in [0.717, 1.165) is 18.4 Å². The second kappa shape index (κ2) is 6.46. The molecule has 2 unspecified atom stereocenters. The van der Waals surface area contributed by atoms with E-state index in [4.69, 9.17) is 9.47 Å². The highest BCUT2D eigenvalue weighted by Gasteiger charge is 2.61. The van der Waals surface area contributed by atoms with Gasteiger partial charge in [0.15, 0.2) is 5.41 Å². The maximum atomic E-state index is 12.6. The molecule has 4 heteroatoms. The van der Waals surface area contributed by atoms with Crippen LogP contribution in [-0.2, 0) is 19.1 Å². The molecule has 0 heterocycles. The molecule has 0 aliphatic heterocycles. The van der Waals surface area contributed by atoms with Crippen molar-refractivity contribution in [2.75, 3.05) is 13.2 Å². The zero-order chi connectivity index (χ0) is 15.5. The highest BCUT2D eigenvalue weighted by atomic mass is 16.6. The Morgan fingerprint density at radius 1 is 1.29 bits per heavy atom. The summed E-state index contributed by atoms with van der Waals surface area (Å²) < 4.78 is 10.5. The Balaban J connectivity index is 2.46. The lowest BCUT2D eigenvalue weighted by atomic mass is 9.71. The number of carbonyl (C=O) groups excluding carboxylic acids is 2. The van der Waals surface area contributed by atoms with Crippen molar-refractivity contribution in [2.45, 2.75) is 40.0 Å². The molecule has 0 bridgehead atoms. The normalized spacial score (nSPS) is 28.2. The SMILES string of the molecule is C/C=C1/CC(C(=O)OCC)(C(=O)OCC)C2CCC=CC12. The highest BCUT2D eigenvalue weighted by Crippen LogP contribution is 2.55. The number of carbonyl (C=O) groups is 2. The van der Waals surface area contributed by atoms with Gasteiger partial charge in [0, 0.05) is 5.92 Å². The number of fused-ring (bicyclic) bond motifs is 1. The monoisotopic (exact) mass is 292 g/mol. The fourth-order valence-corrected chi connectivity index (χ4v) is 3.68.